The molecule has 1 aliphatic heterocycles. The SMILES string of the molecule is O=C(O)c1sc(C2CCCO2)nc1C1CC1. The summed E-state index contributed by atoms with van der Waals surface area (Å²) >= 11 is 1.30. The number of aromatic nitrogens is 1. The molecule has 0 aromatic carbocycles. The zero-order valence-electron chi connectivity index (χ0n) is 8.81. The molecule has 1 atom stereocenters. The molecule has 0 spiro atoms. The van der Waals surface area contributed by atoms with Crippen molar-refractivity contribution >= 4 is 17.3 Å². The van der Waals surface area contributed by atoms with E-state index in [9.17, 15) is 4.79 Å². The van der Waals surface area contributed by atoms with Gasteiger partial charge in [0, 0.05) is 12.5 Å². The molecule has 1 aromatic heterocycles. The van der Waals surface area contributed by atoms with Crippen LogP contribution in [0.4, 0.5) is 0 Å². The molecule has 0 amide bonds. The average molecular weight is 239 g/mol. The van der Waals surface area contributed by atoms with Crippen LogP contribution in [0, 0.1) is 0 Å². The molecule has 3 rings (SSSR count). The van der Waals surface area contributed by atoms with Crippen molar-refractivity contribution < 1.29 is 14.6 Å². The molecule has 1 aromatic rings. The Morgan fingerprint density at radius 3 is 2.81 bits per heavy atom. The summed E-state index contributed by atoms with van der Waals surface area (Å²) in [7, 11) is 0. The molecule has 0 bridgehead atoms. The monoisotopic (exact) mass is 239 g/mol. The predicted octanol–water partition coefficient (Wildman–Crippen LogP) is 2.57. The molecule has 16 heavy (non-hydrogen) atoms. The van der Waals surface area contributed by atoms with Gasteiger partial charge in [0.05, 0.1) is 5.69 Å². The molecule has 4 nitrogen and oxygen atoms in total. The summed E-state index contributed by atoms with van der Waals surface area (Å²) in [6, 6.07) is 0. The lowest BCUT2D eigenvalue weighted by molar-refractivity contribution is 0.0700. The second-order valence-electron chi connectivity index (χ2n) is 4.35. The summed E-state index contributed by atoms with van der Waals surface area (Å²) < 4.78 is 5.54. The summed E-state index contributed by atoms with van der Waals surface area (Å²) in [6.45, 7) is 0.769. The van der Waals surface area contributed by atoms with Crippen LogP contribution in [0.2, 0.25) is 0 Å². The van der Waals surface area contributed by atoms with Crippen molar-refractivity contribution in [3.05, 3.63) is 15.6 Å². The van der Waals surface area contributed by atoms with E-state index in [0.717, 1.165) is 43.0 Å². The van der Waals surface area contributed by atoms with Gasteiger partial charge in [-0.3, -0.25) is 0 Å². The number of ether oxygens (including phenoxy) is 1. The minimum Gasteiger partial charge on any atom is -0.477 e. The lowest BCUT2D eigenvalue weighted by Gasteiger charge is -2.03. The van der Waals surface area contributed by atoms with Gasteiger partial charge in [0.25, 0.3) is 0 Å². The first-order chi connectivity index (χ1) is 7.75. The minimum absolute atomic E-state index is 0.0376. The topological polar surface area (TPSA) is 59.4 Å². The molecule has 0 radical (unpaired) electrons. The molecule has 2 heterocycles. The molecule has 2 fully saturated rings. The number of hydrogen-bond acceptors (Lipinski definition) is 4. The van der Waals surface area contributed by atoms with Crippen molar-refractivity contribution in [2.45, 2.75) is 37.7 Å². The van der Waals surface area contributed by atoms with Crippen LogP contribution in [-0.4, -0.2) is 22.7 Å². The Morgan fingerprint density at radius 1 is 1.44 bits per heavy atom. The number of aromatic carboxylic acids is 1. The fourth-order valence-corrected chi connectivity index (χ4v) is 3.12. The van der Waals surface area contributed by atoms with E-state index >= 15 is 0 Å². The first kappa shape index (κ1) is 10.2. The van der Waals surface area contributed by atoms with E-state index in [1.54, 1.807) is 0 Å². The van der Waals surface area contributed by atoms with Crippen molar-refractivity contribution in [3.8, 4) is 0 Å². The Labute approximate surface area is 97.3 Å². The Hall–Kier alpha value is -0.940. The number of carboxylic acid groups (broad SMARTS) is 1. The highest BCUT2D eigenvalue weighted by Gasteiger charge is 2.34. The molecule has 2 aliphatic rings. The van der Waals surface area contributed by atoms with Gasteiger partial charge in [-0.2, -0.15) is 0 Å². The third-order valence-electron chi connectivity index (χ3n) is 3.03. The van der Waals surface area contributed by atoms with Gasteiger partial charge < -0.3 is 9.84 Å². The number of rotatable bonds is 3. The van der Waals surface area contributed by atoms with Crippen LogP contribution in [0.1, 0.15) is 58.1 Å². The lowest BCUT2D eigenvalue weighted by Crippen LogP contribution is -1.97. The first-order valence-corrected chi connectivity index (χ1v) is 6.43. The Kier molecular flexibility index (Phi) is 2.44. The second-order valence-corrected chi connectivity index (χ2v) is 5.38. The van der Waals surface area contributed by atoms with Gasteiger partial charge in [-0.05, 0) is 25.7 Å². The van der Waals surface area contributed by atoms with Crippen LogP contribution in [-0.2, 0) is 4.74 Å². The summed E-state index contributed by atoms with van der Waals surface area (Å²) in [6.07, 6.45) is 4.21. The molecule has 1 N–H and O–H groups in total. The van der Waals surface area contributed by atoms with Crippen molar-refractivity contribution in [1.29, 1.82) is 0 Å². The molecule has 1 aliphatic carbocycles. The number of carbonyl (C=O) groups is 1. The maximum absolute atomic E-state index is 11.1. The Balaban J connectivity index is 1.94. The Bertz CT molecular complexity index is 419. The molecular formula is C11H13NO3S. The van der Waals surface area contributed by atoms with Crippen LogP contribution in [0.3, 0.4) is 0 Å². The normalized spacial score (nSPS) is 24.9. The van der Waals surface area contributed by atoms with Crippen molar-refractivity contribution in [1.82, 2.24) is 4.98 Å². The number of carboxylic acids is 1. The van der Waals surface area contributed by atoms with Crippen molar-refractivity contribution in [2.24, 2.45) is 0 Å². The van der Waals surface area contributed by atoms with Gasteiger partial charge in [0.2, 0.25) is 0 Å². The van der Waals surface area contributed by atoms with Crippen molar-refractivity contribution in [2.75, 3.05) is 6.61 Å². The van der Waals surface area contributed by atoms with E-state index < -0.39 is 5.97 Å². The molecule has 86 valence electrons. The molecule has 1 saturated carbocycles. The predicted molar refractivity (Wildman–Crippen MR) is 59.0 cm³/mol. The third kappa shape index (κ3) is 1.74. The van der Waals surface area contributed by atoms with E-state index in [1.165, 1.54) is 11.3 Å². The highest BCUT2D eigenvalue weighted by molar-refractivity contribution is 7.13. The van der Waals surface area contributed by atoms with E-state index in [-0.39, 0.29) is 6.10 Å². The third-order valence-corrected chi connectivity index (χ3v) is 4.18. The van der Waals surface area contributed by atoms with Crippen LogP contribution in [0.15, 0.2) is 0 Å². The summed E-state index contributed by atoms with van der Waals surface area (Å²) in [5.74, 6) is -0.457. The van der Waals surface area contributed by atoms with Crippen molar-refractivity contribution in [3.63, 3.8) is 0 Å². The minimum atomic E-state index is -0.844. The maximum Gasteiger partial charge on any atom is 0.347 e. The summed E-state index contributed by atoms with van der Waals surface area (Å²) in [5.41, 5.74) is 0.794. The summed E-state index contributed by atoms with van der Waals surface area (Å²) in [4.78, 5) is 16.0. The van der Waals surface area contributed by atoms with Crippen LogP contribution in [0.25, 0.3) is 0 Å². The largest absolute Gasteiger partial charge is 0.477 e. The zero-order chi connectivity index (χ0) is 11.1. The summed E-state index contributed by atoms with van der Waals surface area (Å²) in [5, 5.41) is 9.99. The standard InChI is InChI=1S/C11H13NO3S/c13-11(14)9-8(6-3-4-6)12-10(16-9)7-2-1-5-15-7/h6-7H,1-5H2,(H,13,14). The van der Waals surface area contributed by atoms with Gasteiger partial charge in [-0.25, -0.2) is 9.78 Å². The van der Waals surface area contributed by atoms with E-state index in [0.29, 0.717) is 10.8 Å². The van der Waals surface area contributed by atoms with Crippen LogP contribution < -0.4 is 0 Å². The first-order valence-electron chi connectivity index (χ1n) is 5.61. The number of nitrogens with zero attached hydrogens (tertiary/aromatic N) is 1. The van der Waals surface area contributed by atoms with Gasteiger partial charge in [0.1, 0.15) is 16.0 Å². The second kappa shape index (κ2) is 3.82. The maximum atomic E-state index is 11.1. The highest BCUT2D eigenvalue weighted by Crippen LogP contribution is 2.44. The zero-order valence-corrected chi connectivity index (χ0v) is 9.63. The van der Waals surface area contributed by atoms with Gasteiger partial charge in [-0.1, -0.05) is 0 Å². The number of thiazole rings is 1. The molecule has 1 unspecified atom stereocenters. The fourth-order valence-electron chi connectivity index (χ4n) is 2.05. The highest BCUT2D eigenvalue weighted by atomic mass is 32.1. The van der Waals surface area contributed by atoms with Gasteiger partial charge >= 0.3 is 5.97 Å². The fraction of sp³-hybridized carbons (Fsp3) is 0.636. The van der Waals surface area contributed by atoms with E-state index in [1.807, 2.05) is 0 Å². The number of hydrogen-bond donors (Lipinski definition) is 1. The Morgan fingerprint density at radius 2 is 2.25 bits per heavy atom. The molecular weight excluding hydrogens is 226 g/mol. The van der Waals surface area contributed by atoms with Gasteiger partial charge in [-0.15, -0.1) is 11.3 Å². The lowest BCUT2D eigenvalue weighted by atomic mass is 10.2. The average Bonchev–Trinajstić information content (AvgIpc) is 2.83. The quantitative estimate of drug-likeness (QED) is 0.880. The molecule has 5 heteroatoms. The smallest absolute Gasteiger partial charge is 0.347 e. The van der Waals surface area contributed by atoms with Crippen LogP contribution in [0.5, 0.6) is 0 Å². The van der Waals surface area contributed by atoms with E-state index in [2.05, 4.69) is 4.98 Å². The van der Waals surface area contributed by atoms with E-state index in [4.69, 9.17) is 9.84 Å². The van der Waals surface area contributed by atoms with Crippen LogP contribution >= 0.6 is 11.3 Å². The van der Waals surface area contributed by atoms with Gasteiger partial charge in [0.15, 0.2) is 0 Å². The molecule has 1 saturated heterocycles.